The van der Waals surface area contributed by atoms with Crippen LogP contribution in [0.3, 0.4) is 0 Å². The fraction of sp³-hybridized carbons (Fsp3) is 0.933. The van der Waals surface area contributed by atoms with E-state index in [0.29, 0.717) is 25.7 Å². The van der Waals surface area contributed by atoms with Crippen LogP contribution in [-0.4, -0.2) is 34.1 Å². The minimum atomic E-state index is -5.02. The molecule has 1 aliphatic rings. The number of unbranched alkanes of at least 4 members (excludes halogenated alkanes) is 3. The first-order valence-corrected chi connectivity index (χ1v) is 8.03. The van der Waals surface area contributed by atoms with E-state index < -0.39 is 18.4 Å². The molecule has 130 valence electrons. The predicted molar refractivity (Wildman–Crippen MR) is 75.9 cm³/mol. The van der Waals surface area contributed by atoms with Crippen molar-refractivity contribution in [1.29, 1.82) is 0 Å². The van der Waals surface area contributed by atoms with Gasteiger partial charge in [-0.1, -0.05) is 32.1 Å². The zero-order chi connectivity index (χ0) is 16.6. The van der Waals surface area contributed by atoms with Crippen molar-refractivity contribution >= 4 is 5.91 Å². The van der Waals surface area contributed by atoms with Crippen molar-refractivity contribution in [1.82, 2.24) is 5.32 Å². The smallest absolute Gasteiger partial charge is 0.359 e. The lowest BCUT2D eigenvalue weighted by Crippen LogP contribution is -2.44. The monoisotopic (exact) mass is 325 g/mol. The molecule has 7 heteroatoms. The summed E-state index contributed by atoms with van der Waals surface area (Å²) in [7, 11) is 0. The van der Waals surface area contributed by atoms with Gasteiger partial charge in [-0.2, -0.15) is 13.2 Å². The van der Waals surface area contributed by atoms with E-state index in [-0.39, 0.29) is 18.4 Å². The van der Waals surface area contributed by atoms with Crippen molar-refractivity contribution in [3.05, 3.63) is 0 Å². The van der Waals surface area contributed by atoms with Gasteiger partial charge < -0.3 is 15.5 Å². The zero-order valence-corrected chi connectivity index (χ0v) is 12.8. The van der Waals surface area contributed by atoms with Crippen molar-refractivity contribution in [3.8, 4) is 0 Å². The highest BCUT2D eigenvalue weighted by Gasteiger charge is 2.51. The maximum Gasteiger partial charge on any atom is 0.442 e. The van der Waals surface area contributed by atoms with Gasteiger partial charge in [0.15, 0.2) is 0 Å². The highest BCUT2D eigenvalue weighted by Crippen LogP contribution is 2.32. The van der Waals surface area contributed by atoms with Gasteiger partial charge in [-0.25, -0.2) is 0 Å². The lowest BCUT2D eigenvalue weighted by atomic mass is 9.95. The number of hydrogen-bond acceptors (Lipinski definition) is 3. The standard InChI is InChI=1S/C15H26F3NO3/c16-15(17,18)14(21,22)11-7-2-1-6-10-13(20)19-12-8-4-3-5-9-12/h12,21-22H,1-11H2,(H,19,20). The van der Waals surface area contributed by atoms with E-state index in [0.717, 1.165) is 25.7 Å². The summed E-state index contributed by atoms with van der Waals surface area (Å²) in [5, 5.41) is 20.7. The number of alkyl halides is 3. The molecule has 0 spiro atoms. The Morgan fingerprint density at radius 3 is 2.18 bits per heavy atom. The number of hydrogen-bond donors (Lipinski definition) is 3. The molecule has 0 unspecified atom stereocenters. The first kappa shape index (κ1) is 19.2. The van der Waals surface area contributed by atoms with Gasteiger partial charge in [0.2, 0.25) is 5.91 Å². The lowest BCUT2D eigenvalue weighted by Gasteiger charge is -2.24. The number of carbonyl (C=O) groups is 1. The molecule has 0 aromatic heterocycles. The molecule has 0 aliphatic heterocycles. The Morgan fingerprint density at radius 2 is 1.59 bits per heavy atom. The van der Waals surface area contributed by atoms with Crippen LogP contribution < -0.4 is 5.32 Å². The zero-order valence-electron chi connectivity index (χ0n) is 12.8. The summed E-state index contributed by atoms with van der Waals surface area (Å²) in [6, 6.07) is 0.275. The van der Waals surface area contributed by atoms with Crippen LogP contribution in [-0.2, 0) is 4.79 Å². The molecule has 1 aliphatic carbocycles. The maximum absolute atomic E-state index is 12.2. The second-order valence-electron chi connectivity index (χ2n) is 6.13. The van der Waals surface area contributed by atoms with Gasteiger partial charge >= 0.3 is 6.18 Å². The number of rotatable bonds is 8. The molecular formula is C15H26F3NO3. The highest BCUT2D eigenvalue weighted by molar-refractivity contribution is 5.76. The van der Waals surface area contributed by atoms with E-state index in [1.165, 1.54) is 6.42 Å². The molecule has 1 fully saturated rings. The summed E-state index contributed by atoms with van der Waals surface area (Å²) in [5.41, 5.74) is 0. The van der Waals surface area contributed by atoms with Crippen molar-refractivity contribution in [3.63, 3.8) is 0 Å². The second kappa shape index (κ2) is 8.72. The Balaban J connectivity index is 2.04. The minimum Gasteiger partial charge on any atom is -0.359 e. The van der Waals surface area contributed by atoms with Crippen LogP contribution in [0.25, 0.3) is 0 Å². The van der Waals surface area contributed by atoms with Crippen molar-refractivity contribution in [2.24, 2.45) is 0 Å². The van der Waals surface area contributed by atoms with Crippen LogP contribution in [0.2, 0.25) is 0 Å². The maximum atomic E-state index is 12.2. The Bertz CT molecular complexity index is 339. The SMILES string of the molecule is O=C(CCCCCCC(O)(O)C(F)(F)F)NC1CCCCC1. The molecule has 0 bridgehead atoms. The molecule has 0 saturated heterocycles. The Hall–Kier alpha value is -0.820. The average Bonchev–Trinajstić information content (AvgIpc) is 2.42. The fourth-order valence-corrected chi connectivity index (χ4v) is 2.70. The number of halogens is 3. The van der Waals surface area contributed by atoms with Crippen molar-refractivity contribution < 1.29 is 28.2 Å². The molecule has 3 N–H and O–H groups in total. The molecule has 4 nitrogen and oxygen atoms in total. The van der Waals surface area contributed by atoms with Gasteiger partial charge in [0.1, 0.15) is 0 Å². The molecular weight excluding hydrogens is 299 g/mol. The number of aliphatic hydroxyl groups is 2. The molecule has 1 saturated carbocycles. The topological polar surface area (TPSA) is 69.6 Å². The summed E-state index contributed by atoms with van der Waals surface area (Å²) < 4.78 is 36.6. The van der Waals surface area contributed by atoms with Gasteiger partial charge in [0.05, 0.1) is 0 Å². The van der Waals surface area contributed by atoms with Gasteiger partial charge in [-0.3, -0.25) is 4.79 Å². The molecule has 1 amide bonds. The fourth-order valence-electron chi connectivity index (χ4n) is 2.70. The third-order valence-corrected chi connectivity index (χ3v) is 4.10. The van der Waals surface area contributed by atoms with Crippen LogP contribution in [0, 0.1) is 0 Å². The predicted octanol–water partition coefficient (Wildman–Crippen LogP) is 3.02. The summed E-state index contributed by atoms with van der Waals surface area (Å²) in [6.07, 6.45) is 1.91. The molecule has 22 heavy (non-hydrogen) atoms. The molecule has 0 atom stereocenters. The normalized spacial score (nSPS) is 17.5. The van der Waals surface area contributed by atoms with E-state index >= 15 is 0 Å². The van der Waals surface area contributed by atoms with Gasteiger partial charge in [-0.15, -0.1) is 0 Å². The van der Waals surface area contributed by atoms with Gasteiger partial charge in [-0.05, 0) is 25.7 Å². The van der Waals surface area contributed by atoms with Gasteiger partial charge in [0, 0.05) is 18.9 Å². The Labute approximate surface area is 129 Å². The third kappa shape index (κ3) is 6.96. The minimum absolute atomic E-state index is 0.000791. The quantitative estimate of drug-likeness (QED) is 0.474. The van der Waals surface area contributed by atoms with Crippen LogP contribution >= 0.6 is 0 Å². The van der Waals surface area contributed by atoms with Crippen molar-refractivity contribution in [2.75, 3.05) is 0 Å². The Kier molecular flexibility index (Phi) is 7.62. The van der Waals surface area contributed by atoms with E-state index in [2.05, 4.69) is 5.32 Å². The van der Waals surface area contributed by atoms with Crippen LogP contribution in [0.5, 0.6) is 0 Å². The van der Waals surface area contributed by atoms with Crippen LogP contribution in [0.1, 0.15) is 70.6 Å². The summed E-state index contributed by atoms with van der Waals surface area (Å²) in [6.45, 7) is 0. The molecule has 0 heterocycles. The number of carbonyl (C=O) groups excluding carboxylic acids is 1. The van der Waals surface area contributed by atoms with E-state index in [1.54, 1.807) is 0 Å². The average molecular weight is 325 g/mol. The first-order chi connectivity index (χ1) is 10.2. The Morgan fingerprint density at radius 1 is 1.00 bits per heavy atom. The van der Waals surface area contributed by atoms with E-state index in [1.807, 2.05) is 0 Å². The summed E-state index contributed by atoms with van der Waals surface area (Å²) in [4.78, 5) is 11.7. The highest BCUT2D eigenvalue weighted by atomic mass is 19.4. The van der Waals surface area contributed by atoms with Crippen LogP contribution in [0.4, 0.5) is 13.2 Å². The largest absolute Gasteiger partial charge is 0.442 e. The molecule has 0 radical (unpaired) electrons. The molecule has 0 aromatic carbocycles. The molecule has 0 aromatic rings. The molecule has 1 rings (SSSR count). The summed E-state index contributed by atoms with van der Waals surface area (Å²) in [5.74, 6) is -3.61. The number of amides is 1. The summed E-state index contributed by atoms with van der Waals surface area (Å²) >= 11 is 0. The number of nitrogens with one attached hydrogen (secondary N) is 1. The second-order valence-corrected chi connectivity index (χ2v) is 6.13. The van der Waals surface area contributed by atoms with Gasteiger partial charge in [0.25, 0.3) is 5.79 Å². The van der Waals surface area contributed by atoms with Crippen LogP contribution in [0.15, 0.2) is 0 Å². The van der Waals surface area contributed by atoms with E-state index in [4.69, 9.17) is 10.2 Å². The first-order valence-electron chi connectivity index (χ1n) is 8.03. The van der Waals surface area contributed by atoms with E-state index in [9.17, 15) is 18.0 Å². The third-order valence-electron chi connectivity index (χ3n) is 4.10. The van der Waals surface area contributed by atoms with Crippen molar-refractivity contribution in [2.45, 2.75) is 88.6 Å². The lowest BCUT2D eigenvalue weighted by molar-refractivity contribution is -0.351.